The highest BCUT2D eigenvalue weighted by molar-refractivity contribution is 5.41. The number of aliphatic hydroxyl groups is 1. The van der Waals surface area contributed by atoms with Gasteiger partial charge in [0, 0.05) is 6.42 Å². The second-order valence-corrected chi connectivity index (χ2v) is 4.25. The van der Waals surface area contributed by atoms with Crippen molar-refractivity contribution in [3.05, 3.63) is 29.3 Å². The minimum absolute atomic E-state index is 0.107. The van der Waals surface area contributed by atoms with Gasteiger partial charge in [-0.05, 0) is 30.2 Å². The standard InChI is InChI=1S/C12H15NO2/c14-10-3-5-13-12(10)9-1-2-11-8(7-9)4-6-15-11/h1-2,7,10,12-14H,3-6H2. The van der Waals surface area contributed by atoms with Crippen molar-refractivity contribution in [1.29, 1.82) is 0 Å². The molecule has 0 spiro atoms. The summed E-state index contributed by atoms with van der Waals surface area (Å²) < 4.78 is 5.46. The Kier molecular flexibility index (Phi) is 2.15. The van der Waals surface area contributed by atoms with Gasteiger partial charge in [0.25, 0.3) is 0 Å². The SMILES string of the molecule is OC1CCNC1c1ccc2c(c1)CCO2. The first kappa shape index (κ1) is 9.19. The molecule has 0 aliphatic carbocycles. The van der Waals surface area contributed by atoms with Crippen molar-refractivity contribution in [1.82, 2.24) is 5.32 Å². The van der Waals surface area contributed by atoms with E-state index in [9.17, 15) is 5.11 Å². The van der Waals surface area contributed by atoms with Gasteiger partial charge >= 0.3 is 0 Å². The van der Waals surface area contributed by atoms with Gasteiger partial charge in [-0.1, -0.05) is 12.1 Å². The number of fused-ring (bicyclic) bond motifs is 1. The molecule has 1 fully saturated rings. The van der Waals surface area contributed by atoms with E-state index < -0.39 is 0 Å². The lowest BCUT2D eigenvalue weighted by Gasteiger charge is -2.15. The van der Waals surface area contributed by atoms with Crippen molar-refractivity contribution in [2.24, 2.45) is 0 Å². The molecule has 80 valence electrons. The smallest absolute Gasteiger partial charge is 0.122 e. The van der Waals surface area contributed by atoms with E-state index in [1.165, 1.54) is 11.1 Å². The number of nitrogens with one attached hydrogen (secondary N) is 1. The fraction of sp³-hybridized carbons (Fsp3) is 0.500. The molecular formula is C12H15NO2. The van der Waals surface area contributed by atoms with E-state index in [4.69, 9.17) is 4.74 Å². The molecule has 0 radical (unpaired) electrons. The molecule has 15 heavy (non-hydrogen) atoms. The highest BCUT2D eigenvalue weighted by Gasteiger charge is 2.27. The van der Waals surface area contributed by atoms with Crippen LogP contribution < -0.4 is 10.1 Å². The summed E-state index contributed by atoms with van der Waals surface area (Å²) in [6.45, 7) is 1.69. The fourth-order valence-electron chi connectivity index (χ4n) is 2.43. The summed E-state index contributed by atoms with van der Waals surface area (Å²) in [6.07, 6.45) is 1.59. The first-order chi connectivity index (χ1) is 7.34. The zero-order valence-electron chi connectivity index (χ0n) is 8.57. The molecule has 2 aliphatic heterocycles. The third-order valence-corrected chi connectivity index (χ3v) is 3.26. The highest BCUT2D eigenvalue weighted by atomic mass is 16.5. The monoisotopic (exact) mass is 205 g/mol. The quantitative estimate of drug-likeness (QED) is 0.719. The summed E-state index contributed by atoms with van der Waals surface area (Å²) in [5.41, 5.74) is 2.46. The Bertz CT molecular complexity index is 378. The van der Waals surface area contributed by atoms with Crippen LogP contribution in [0, 0.1) is 0 Å². The number of benzene rings is 1. The van der Waals surface area contributed by atoms with Gasteiger partial charge in [-0.3, -0.25) is 0 Å². The van der Waals surface area contributed by atoms with Gasteiger partial charge < -0.3 is 15.2 Å². The molecule has 2 N–H and O–H groups in total. The fourth-order valence-corrected chi connectivity index (χ4v) is 2.43. The second-order valence-electron chi connectivity index (χ2n) is 4.25. The molecule has 3 nitrogen and oxygen atoms in total. The number of ether oxygens (including phenoxy) is 1. The Morgan fingerprint density at radius 1 is 1.40 bits per heavy atom. The first-order valence-corrected chi connectivity index (χ1v) is 5.52. The Hall–Kier alpha value is -1.06. The van der Waals surface area contributed by atoms with Crippen molar-refractivity contribution in [3.63, 3.8) is 0 Å². The first-order valence-electron chi connectivity index (χ1n) is 5.52. The van der Waals surface area contributed by atoms with Crippen LogP contribution >= 0.6 is 0 Å². The highest BCUT2D eigenvalue weighted by Crippen LogP contribution is 2.31. The second kappa shape index (κ2) is 3.51. The average Bonchev–Trinajstić information content (AvgIpc) is 2.84. The third kappa shape index (κ3) is 1.52. The maximum atomic E-state index is 9.80. The van der Waals surface area contributed by atoms with Crippen LogP contribution in [0.15, 0.2) is 18.2 Å². The molecule has 1 aromatic carbocycles. The van der Waals surface area contributed by atoms with Gasteiger partial charge in [0.15, 0.2) is 0 Å². The normalized spacial score (nSPS) is 28.9. The van der Waals surface area contributed by atoms with Crippen LogP contribution in [-0.4, -0.2) is 24.4 Å². The van der Waals surface area contributed by atoms with Crippen LogP contribution in [0.5, 0.6) is 5.75 Å². The number of hydrogen-bond donors (Lipinski definition) is 2. The molecule has 2 heterocycles. The maximum Gasteiger partial charge on any atom is 0.122 e. The lowest BCUT2D eigenvalue weighted by atomic mass is 10.00. The predicted octanol–water partition coefficient (Wildman–Crippen LogP) is 1.02. The van der Waals surface area contributed by atoms with Crippen LogP contribution in [0.1, 0.15) is 23.6 Å². The van der Waals surface area contributed by atoms with Crippen LogP contribution in [0.4, 0.5) is 0 Å². The molecule has 3 heteroatoms. The molecule has 2 aliphatic rings. The minimum Gasteiger partial charge on any atom is -0.493 e. The maximum absolute atomic E-state index is 9.80. The molecule has 2 unspecified atom stereocenters. The van der Waals surface area contributed by atoms with Crippen molar-refractivity contribution < 1.29 is 9.84 Å². The Balaban J connectivity index is 1.92. The summed E-state index contributed by atoms with van der Waals surface area (Å²) in [5.74, 6) is 1.01. The summed E-state index contributed by atoms with van der Waals surface area (Å²) in [5, 5.41) is 13.1. The molecule has 0 aromatic heterocycles. The van der Waals surface area contributed by atoms with Crippen molar-refractivity contribution in [3.8, 4) is 5.75 Å². The molecule has 1 aromatic rings. The lowest BCUT2D eigenvalue weighted by molar-refractivity contribution is 0.160. The van der Waals surface area contributed by atoms with Gasteiger partial charge in [-0.15, -0.1) is 0 Å². The molecule has 0 saturated carbocycles. The van der Waals surface area contributed by atoms with Gasteiger partial charge in [-0.2, -0.15) is 0 Å². The third-order valence-electron chi connectivity index (χ3n) is 3.26. The van der Waals surface area contributed by atoms with Crippen LogP contribution in [0.2, 0.25) is 0 Å². The van der Waals surface area contributed by atoms with E-state index in [-0.39, 0.29) is 12.1 Å². The van der Waals surface area contributed by atoms with Gasteiger partial charge in [0.1, 0.15) is 5.75 Å². The van der Waals surface area contributed by atoms with Crippen LogP contribution in [0.25, 0.3) is 0 Å². The summed E-state index contributed by atoms with van der Waals surface area (Å²) >= 11 is 0. The van der Waals surface area contributed by atoms with Gasteiger partial charge in [0.05, 0.1) is 18.8 Å². The van der Waals surface area contributed by atoms with E-state index in [0.717, 1.165) is 31.7 Å². The topological polar surface area (TPSA) is 41.5 Å². The summed E-state index contributed by atoms with van der Waals surface area (Å²) in [4.78, 5) is 0. The molecule has 0 amide bonds. The van der Waals surface area contributed by atoms with Gasteiger partial charge in [0.2, 0.25) is 0 Å². The van der Waals surface area contributed by atoms with E-state index in [1.54, 1.807) is 0 Å². The van der Waals surface area contributed by atoms with Crippen molar-refractivity contribution in [2.45, 2.75) is 25.0 Å². The Morgan fingerprint density at radius 2 is 2.33 bits per heavy atom. The van der Waals surface area contributed by atoms with E-state index in [1.807, 2.05) is 6.07 Å². The minimum atomic E-state index is -0.245. The average molecular weight is 205 g/mol. The zero-order valence-corrected chi connectivity index (χ0v) is 8.57. The molecule has 3 rings (SSSR count). The van der Waals surface area contributed by atoms with Gasteiger partial charge in [-0.25, -0.2) is 0 Å². The zero-order chi connectivity index (χ0) is 10.3. The largest absolute Gasteiger partial charge is 0.493 e. The Labute approximate surface area is 89.1 Å². The van der Waals surface area contributed by atoms with Crippen LogP contribution in [0.3, 0.4) is 0 Å². The number of hydrogen-bond acceptors (Lipinski definition) is 3. The van der Waals surface area contributed by atoms with E-state index in [2.05, 4.69) is 17.4 Å². The molecule has 1 saturated heterocycles. The van der Waals surface area contributed by atoms with E-state index in [0.29, 0.717) is 0 Å². The Morgan fingerprint density at radius 3 is 3.13 bits per heavy atom. The lowest BCUT2D eigenvalue weighted by Crippen LogP contribution is -2.20. The number of aliphatic hydroxyl groups excluding tert-OH is 1. The van der Waals surface area contributed by atoms with E-state index >= 15 is 0 Å². The van der Waals surface area contributed by atoms with Crippen molar-refractivity contribution in [2.75, 3.05) is 13.2 Å². The summed E-state index contributed by atoms with van der Waals surface area (Å²) in [7, 11) is 0. The molecule has 0 bridgehead atoms. The molecule has 2 atom stereocenters. The molecular weight excluding hydrogens is 190 g/mol. The van der Waals surface area contributed by atoms with Crippen molar-refractivity contribution >= 4 is 0 Å². The predicted molar refractivity (Wildman–Crippen MR) is 57.0 cm³/mol. The summed E-state index contributed by atoms with van der Waals surface area (Å²) in [6, 6.07) is 6.34. The number of rotatable bonds is 1. The van der Waals surface area contributed by atoms with Crippen LogP contribution in [-0.2, 0) is 6.42 Å².